The second-order valence-corrected chi connectivity index (χ2v) is 7.16. The van der Waals surface area contributed by atoms with Crippen molar-refractivity contribution in [2.45, 2.75) is 47.1 Å². The van der Waals surface area contributed by atoms with Gasteiger partial charge in [0.2, 0.25) is 5.91 Å². The van der Waals surface area contributed by atoms with Gasteiger partial charge in [-0.1, -0.05) is 50.6 Å². The summed E-state index contributed by atoms with van der Waals surface area (Å²) >= 11 is 0. The van der Waals surface area contributed by atoms with E-state index < -0.39 is 22.7 Å². The highest BCUT2D eigenvalue weighted by atomic mass is 16.4. The number of carbonyl (C=O) groups is 2. The highest BCUT2D eigenvalue weighted by molar-refractivity contribution is 5.85. The predicted octanol–water partition coefficient (Wildman–Crippen LogP) is 3.14. The Bertz CT molecular complexity index is 594. The van der Waals surface area contributed by atoms with E-state index >= 15 is 0 Å². The van der Waals surface area contributed by atoms with Gasteiger partial charge in [0.15, 0.2) is 0 Å². The topological polar surface area (TPSA) is 66.4 Å². The molecule has 2 N–H and O–H groups in total. The Balaban J connectivity index is 2.10. The number of hydrogen-bond donors (Lipinski definition) is 2. The molecule has 0 bridgehead atoms. The Labute approximate surface area is 131 Å². The van der Waals surface area contributed by atoms with Gasteiger partial charge >= 0.3 is 5.97 Å². The molecule has 1 fully saturated rings. The molecule has 0 heterocycles. The molecule has 2 unspecified atom stereocenters. The first-order valence-corrected chi connectivity index (χ1v) is 7.75. The maximum atomic E-state index is 12.7. The van der Waals surface area contributed by atoms with Crippen LogP contribution in [0, 0.1) is 23.7 Å². The average Bonchev–Trinajstić information content (AvgIpc) is 2.68. The Hall–Kier alpha value is -1.84. The molecule has 1 aromatic carbocycles. The van der Waals surface area contributed by atoms with Crippen LogP contribution in [-0.4, -0.2) is 17.0 Å². The summed E-state index contributed by atoms with van der Waals surface area (Å²) in [6.07, 6.45) is 1.16. The number of hydrogen-bond acceptors (Lipinski definition) is 2. The number of amides is 1. The fourth-order valence-corrected chi connectivity index (χ4v) is 3.54. The molecule has 0 aliphatic heterocycles. The molecule has 0 spiro atoms. The number of aliphatic carboxylic acids is 1. The van der Waals surface area contributed by atoms with Crippen molar-refractivity contribution in [3.63, 3.8) is 0 Å². The monoisotopic (exact) mass is 303 g/mol. The van der Waals surface area contributed by atoms with Crippen LogP contribution in [0.4, 0.5) is 0 Å². The molecule has 120 valence electrons. The van der Waals surface area contributed by atoms with Crippen molar-refractivity contribution >= 4 is 11.9 Å². The third-order valence-electron chi connectivity index (χ3n) is 5.56. The van der Waals surface area contributed by atoms with Gasteiger partial charge in [-0.15, -0.1) is 0 Å². The molecule has 2 atom stereocenters. The summed E-state index contributed by atoms with van der Waals surface area (Å²) < 4.78 is 0. The number of carboxylic acids is 1. The van der Waals surface area contributed by atoms with Crippen molar-refractivity contribution in [3.05, 3.63) is 35.4 Å². The van der Waals surface area contributed by atoms with Crippen molar-refractivity contribution < 1.29 is 14.7 Å². The van der Waals surface area contributed by atoms with E-state index in [1.54, 1.807) is 0 Å². The van der Waals surface area contributed by atoms with Gasteiger partial charge in [-0.05, 0) is 30.7 Å². The summed E-state index contributed by atoms with van der Waals surface area (Å²) in [5.41, 5.74) is 1.00. The Morgan fingerprint density at radius 2 is 2.00 bits per heavy atom. The van der Waals surface area contributed by atoms with E-state index in [1.165, 1.54) is 0 Å². The SMILES string of the molecule is Cc1cccc(CNC(=O)C2(C)CCC(C(=O)O)C2(C)C)c1. The minimum absolute atomic E-state index is 0.0530. The Kier molecular flexibility index (Phi) is 4.32. The van der Waals surface area contributed by atoms with Crippen LogP contribution in [0.1, 0.15) is 44.7 Å². The molecule has 1 aliphatic rings. The maximum absolute atomic E-state index is 12.7. The summed E-state index contributed by atoms with van der Waals surface area (Å²) in [7, 11) is 0. The molecular weight excluding hydrogens is 278 g/mol. The lowest BCUT2D eigenvalue weighted by Gasteiger charge is -2.39. The molecule has 0 saturated heterocycles. The highest BCUT2D eigenvalue weighted by Crippen LogP contribution is 2.56. The van der Waals surface area contributed by atoms with E-state index in [2.05, 4.69) is 5.32 Å². The van der Waals surface area contributed by atoms with Crippen LogP contribution in [0.15, 0.2) is 24.3 Å². The number of carboxylic acid groups (broad SMARTS) is 1. The Morgan fingerprint density at radius 3 is 2.55 bits per heavy atom. The number of benzene rings is 1. The van der Waals surface area contributed by atoms with Gasteiger partial charge < -0.3 is 10.4 Å². The van der Waals surface area contributed by atoms with Gasteiger partial charge in [0.1, 0.15) is 0 Å². The molecule has 1 amide bonds. The minimum Gasteiger partial charge on any atom is -0.481 e. The van der Waals surface area contributed by atoms with E-state index in [-0.39, 0.29) is 5.91 Å². The second kappa shape index (κ2) is 5.75. The van der Waals surface area contributed by atoms with Crippen molar-refractivity contribution in [2.75, 3.05) is 0 Å². The van der Waals surface area contributed by atoms with Gasteiger partial charge in [-0.25, -0.2) is 0 Å². The van der Waals surface area contributed by atoms with Crippen molar-refractivity contribution in [1.82, 2.24) is 5.32 Å². The summed E-state index contributed by atoms with van der Waals surface area (Å²) in [6, 6.07) is 8.01. The Morgan fingerprint density at radius 1 is 1.32 bits per heavy atom. The van der Waals surface area contributed by atoms with Crippen LogP contribution < -0.4 is 5.32 Å². The lowest BCUT2D eigenvalue weighted by Crippen LogP contribution is -2.47. The van der Waals surface area contributed by atoms with Crippen molar-refractivity contribution in [1.29, 1.82) is 0 Å². The normalized spacial score (nSPS) is 26.6. The average molecular weight is 303 g/mol. The fraction of sp³-hybridized carbons (Fsp3) is 0.556. The maximum Gasteiger partial charge on any atom is 0.307 e. The smallest absolute Gasteiger partial charge is 0.307 e. The van der Waals surface area contributed by atoms with Gasteiger partial charge in [-0.3, -0.25) is 9.59 Å². The molecule has 2 rings (SSSR count). The van der Waals surface area contributed by atoms with Gasteiger partial charge in [-0.2, -0.15) is 0 Å². The number of aryl methyl sites for hydroxylation is 1. The van der Waals surface area contributed by atoms with E-state index in [4.69, 9.17) is 0 Å². The van der Waals surface area contributed by atoms with E-state index in [0.29, 0.717) is 19.4 Å². The van der Waals surface area contributed by atoms with Crippen LogP contribution in [0.25, 0.3) is 0 Å². The quantitative estimate of drug-likeness (QED) is 0.898. The predicted molar refractivity (Wildman–Crippen MR) is 85.3 cm³/mol. The highest BCUT2D eigenvalue weighted by Gasteiger charge is 2.58. The minimum atomic E-state index is -0.805. The van der Waals surface area contributed by atoms with Crippen LogP contribution in [0.3, 0.4) is 0 Å². The zero-order valence-electron chi connectivity index (χ0n) is 13.8. The third-order valence-corrected chi connectivity index (χ3v) is 5.56. The first-order valence-electron chi connectivity index (χ1n) is 7.75. The van der Waals surface area contributed by atoms with Gasteiger partial charge in [0.25, 0.3) is 0 Å². The van der Waals surface area contributed by atoms with Gasteiger partial charge in [0, 0.05) is 6.54 Å². The molecule has 1 saturated carbocycles. The first kappa shape index (κ1) is 16.5. The zero-order valence-corrected chi connectivity index (χ0v) is 13.8. The summed E-state index contributed by atoms with van der Waals surface area (Å²) in [5, 5.41) is 12.4. The van der Waals surface area contributed by atoms with E-state index in [1.807, 2.05) is 52.0 Å². The molecule has 1 aromatic rings. The zero-order chi connectivity index (χ0) is 16.5. The molecular formula is C18H25NO3. The largest absolute Gasteiger partial charge is 0.481 e. The summed E-state index contributed by atoms with van der Waals surface area (Å²) in [6.45, 7) is 8.17. The summed E-state index contributed by atoms with van der Waals surface area (Å²) in [4.78, 5) is 24.1. The van der Waals surface area contributed by atoms with Crippen molar-refractivity contribution in [3.8, 4) is 0 Å². The molecule has 4 heteroatoms. The van der Waals surface area contributed by atoms with Crippen LogP contribution in [0.5, 0.6) is 0 Å². The van der Waals surface area contributed by atoms with Crippen LogP contribution >= 0.6 is 0 Å². The number of carbonyl (C=O) groups excluding carboxylic acids is 1. The first-order chi connectivity index (χ1) is 10.2. The third kappa shape index (κ3) is 2.74. The lowest BCUT2D eigenvalue weighted by molar-refractivity contribution is -0.148. The number of nitrogens with one attached hydrogen (secondary N) is 1. The second-order valence-electron chi connectivity index (χ2n) is 7.16. The molecule has 4 nitrogen and oxygen atoms in total. The van der Waals surface area contributed by atoms with E-state index in [0.717, 1.165) is 11.1 Å². The molecule has 0 aromatic heterocycles. The molecule has 1 aliphatic carbocycles. The van der Waals surface area contributed by atoms with Crippen molar-refractivity contribution in [2.24, 2.45) is 16.7 Å². The standard InChI is InChI=1S/C18H25NO3/c1-12-6-5-7-13(10-12)11-19-16(22)18(4)9-8-14(15(20)21)17(18,2)3/h5-7,10,14H,8-9,11H2,1-4H3,(H,19,22)(H,20,21). The van der Waals surface area contributed by atoms with Gasteiger partial charge in [0.05, 0.1) is 11.3 Å². The van der Waals surface area contributed by atoms with Crippen LogP contribution in [0.2, 0.25) is 0 Å². The molecule has 0 radical (unpaired) electrons. The van der Waals surface area contributed by atoms with Crippen LogP contribution in [-0.2, 0) is 16.1 Å². The fourth-order valence-electron chi connectivity index (χ4n) is 3.54. The molecule has 22 heavy (non-hydrogen) atoms. The van der Waals surface area contributed by atoms with E-state index in [9.17, 15) is 14.7 Å². The number of rotatable bonds is 4. The summed E-state index contributed by atoms with van der Waals surface area (Å²) in [5.74, 6) is -1.33. The lowest BCUT2D eigenvalue weighted by atomic mass is 9.65.